The number of aliphatic hydroxyl groups is 2. The number of carbonyl (C=O) groups excluding carboxylic acids is 4. The lowest BCUT2D eigenvalue weighted by atomic mass is 10.2. The maximum Gasteiger partial charge on any atom is 0.519 e. The summed E-state index contributed by atoms with van der Waals surface area (Å²) in [7, 11) is 1.54. The number of halogens is 1. The predicted octanol–water partition coefficient (Wildman–Crippen LogP) is 9.44. The van der Waals surface area contributed by atoms with E-state index in [0.717, 1.165) is 18.6 Å². The van der Waals surface area contributed by atoms with Gasteiger partial charge in [-0.1, -0.05) is 61.8 Å². The highest BCUT2D eigenvalue weighted by atomic mass is 35.7. The zero-order valence-corrected chi connectivity index (χ0v) is 45.8. The molecule has 6 N–H and O–H groups in total. The first kappa shape index (κ1) is 90.9. The van der Waals surface area contributed by atoms with E-state index in [1.54, 1.807) is 53.7 Å². The maximum absolute atomic E-state index is 11.2. The highest BCUT2D eigenvalue weighted by Gasteiger charge is 2.24. The Hall–Kier alpha value is -3.62. The van der Waals surface area contributed by atoms with Crippen LogP contribution in [0.5, 0.6) is 0 Å². The quantitative estimate of drug-likeness (QED) is 0.0212. The molecule has 2 amide bonds. The molecule has 0 radical (unpaired) electrons. The third kappa shape index (κ3) is 81.9. The largest absolute Gasteiger partial charge is 0.519 e. The van der Waals surface area contributed by atoms with Crippen LogP contribution < -0.4 is 16.4 Å². The lowest BCUT2D eigenvalue weighted by Gasteiger charge is -2.20. The highest BCUT2D eigenvalue weighted by molar-refractivity contribution is 8.13. The van der Waals surface area contributed by atoms with Crippen LogP contribution in [-0.4, -0.2) is 178 Å². The second-order valence-electron chi connectivity index (χ2n) is 18.0. The molecule has 0 heterocycles. The molecule has 0 fully saturated rings. The number of benzene rings is 1. The second kappa shape index (κ2) is 53.8. The Morgan fingerprint density at radius 3 is 1.07 bits per heavy atom. The van der Waals surface area contributed by atoms with Gasteiger partial charge in [0.2, 0.25) is 0 Å². The van der Waals surface area contributed by atoms with Crippen molar-refractivity contribution in [3.8, 4) is 0 Å². The van der Waals surface area contributed by atoms with Gasteiger partial charge in [-0.25, -0.2) is 27.6 Å². The van der Waals surface area contributed by atoms with E-state index >= 15 is 0 Å². The topological polar surface area (TPSA) is 294 Å². The van der Waals surface area contributed by atoms with Crippen LogP contribution in [0.2, 0.25) is 0 Å². The molecule has 1 aromatic rings. The lowest BCUT2D eigenvalue weighted by molar-refractivity contribution is -0.0294. The van der Waals surface area contributed by atoms with Gasteiger partial charge >= 0.3 is 24.5 Å². The van der Waals surface area contributed by atoms with E-state index in [2.05, 4.69) is 22.3 Å². The van der Waals surface area contributed by atoms with E-state index in [9.17, 15) is 27.6 Å². The van der Waals surface area contributed by atoms with Gasteiger partial charge in [-0.2, -0.15) is 0 Å². The van der Waals surface area contributed by atoms with Crippen LogP contribution in [0.1, 0.15) is 139 Å². The molecule has 0 saturated heterocycles. The number of alkyl carbamates (subject to hydrolysis) is 2. The fraction of sp³-hybridized carbons (Fsp3) is 0.804. The first-order valence-corrected chi connectivity index (χ1v) is 25.1. The van der Waals surface area contributed by atoms with Gasteiger partial charge in [-0.3, -0.25) is 0 Å². The molecule has 0 aromatic heterocycles. The van der Waals surface area contributed by atoms with Crippen LogP contribution in [0.25, 0.3) is 0 Å². The fourth-order valence-electron chi connectivity index (χ4n) is 3.71. The number of aryl methyl sites for hydroxylation is 1. The first-order valence-electron chi connectivity index (χ1n) is 22.8. The molecule has 0 saturated carbocycles. The van der Waals surface area contributed by atoms with E-state index < -0.39 is 56.0 Å². The number of hydrogen-bond donors (Lipinski definition) is 5. The third-order valence-electron chi connectivity index (χ3n) is 6.28. The van der Waals surface area contributed by atoms with Crippen molar-refractivity contribution < 1.29 is 89.9 Å². The van der Waals surface area contributed by atoms with E-state index in [4.69, 9.17) is 74.0 Å². The molecule has 22 nitrogen and oxygen atoms in total. The van der Waals surface area contributed by atoms with E-state index in [1.807, 2.05) is 48.5 Å². The highest BCUT2D eigenvalue weighted by Crippen LogP contribution is 2.15. The van der Waals surface area contributed by atoms with Gasteiger partial charge in [0, 0.05) is 36.9 Å². The molecule has 0 bridgehead atoms. The number of rotatable bonds is 24. The predicted molar refractivity (Wildman–Crippen MR) is 298 cm³/mol. The molecule has 24 heteroatoms. The molecule has 0 atom stereocenters. The van der Waals surface area contributed by atoms with Crippen LogP contribution >= 0.6 is 10.7 Å². The van der Waals surface area contributed by atoms with Crippen LogP contribution in [0.3, 0.4) is 0 Å². The Balaban J connectivity index is -0.000000103. The molecular weight excluding hydrogens is 1030 g/mol. The average molecular weight is 1130 g/mol. The van der Waals surface area contributed by atoms with Gasteiger partial charge in [0.15, 0.2) is 0 Å². The average Bonchev–Trinajstić information content (AvgIpc) is 3.19. The Bertz CT molecular complexity index is 1490. The number of carbonyl (C=O) groups is 4. The van der Waals surface area contributed by atoms with Crippen molar-refractivity contribution in [3.63, 3.8) is 0 Å². The summed E-state index contributed by atoms with van der Waals surface area (Å²) in [4.78, 5) is 44.6. The van der Waals surface area contributed by atoms with Crippen molar-refractivity contribution >= 4 is 44.2 Å². The summed E-state index contributed by atoms with van der Waals surface area (Å²) in [6.45, 7) is 32.3. The molecule has 1 aromatic carbocycles. The van der Waals surface area contributed by atoms with Crippen molar-refractivity contribution in [1.29, 1.82) is 0 Å². The summed E-state index contributed by atoms with van der Waals surface area (Å²) in [6.07, 6.45) is -1.96. The van der Waals surface area contributed by atoms with E-state index in [1.165, 1.54) is 12.1 Å². The van der Waals surface area contributed by atoms with Crippen LogP contribution in [0.4, 0.5) is 19.2 Å². The molecule has 75 heavy (non-hydrogen) atoms. The number of amides is 2. The zero-order valence-electron chi connectivity index (χ0n) is 44.2. The zero-order chi connectivity index (χ0) is 54.7. The van der Waals surface area contributed by atoms with Gasteiger partial charge in [-0.05, 0) is 109 Å². The molecule has 0 unspecified atom stereocenters. The third-order valence-corrected chi connectivity index (χ3v) is 7.65. The second-order valence-corrected chi connectivity index (χ2v) is 20.6. The number of ether oxygens (including phenoxy) is 11. The fourth-order valence-corrected chi connectivity index (χ4v) is 4.48. The van der Waals surface area contributed by atoms with Crippen molar-refractivity contribution in [2.75, 3.05) is 112 Å². The lowest BCUT2D eigenvalue weighted by Crippen LogP contribution is -2.34. The van der Waals surface area contributed by atoms with Crippen molar-refractivity contribution in [2.45, 2.75) is 168 Å². The van der Waals surface area contributed by atoms with Crippen LogP contribution in [0.15, 0.2) is 29.2 Å². The van der Waals surface area contributed by atoms with Crippen LogP contribution in [0, 0.1) is 6.92 Å². The minimum Gasteiger partial charge on any atom is -0.444 e. The van der Waals surface area contributed by atoms with Gasteiger partial charge in [0.25, 0.3) is 9.05 Å². The molecule has 1 rings (SSSR count). The minimum atomic E-state index is -3.55. The molecule has 0 spiro atoms. The normalized spacial score (nSPS) is 10.5. The Kier molecular flexibility index (Phi) is 65.1. The summed E-state index contributed by atoms with van der Waals surface area (Å²) in [5.41, 5.74) is 3.84. The standard InChI is InChI=1S/C12H25NO4.C11H23NO5.C10H18O5.C7H7ClO2S.C6H15NO3.5CH4/c1-5-7-15-9-10-16-8-6-13-11(14)17-12(2,3)4;1-11(2,3)17-10(14)12-4-6-15-8-9-16-7-5-13;1-9(2,3)14-7(11)13-8(12)15-10(4,5)6;1-6-2-4-7(5-3-6)11(8,9)10;7-1-3-9-5-6-10-4-2-8;;;;;/h5-10H2,1-4H3,(H,13,14);13H,4-9H2,1-3H3,(H,12,14);1-6H3;2-5H,1H3;8H,1-7H2;5*1H4. The van der Waals surface area contributed by atoms with Crippen molar-refractivity contribution in [3.05, 3.63) is 29.8 Å². The SMILES string of the molecule is C.C.C.C.C.CC(C)(C)OC(=O)NCCOCCOCCO.CC(C)(C)OC(=O)OC(=O)OC(C)(C)C.CCCOCCOCCNC(=O)OC(C)(C)C.Cc1ccc(S(=O)(=O)Cl)cc1.NCCOCCOCCO. The summed E-state index contributed by atoms with van der Waals surface area (Å²) in [5.74, 6) is 0. The van der Waals surface area contributed by atoms with Crippen molar-refractivity contribution in [1.82, 2.24) is 10.6 Å². The monoisotopic (exact) mass is 1130 g/mol. The van der Waals surface area contributed by atoms with Gasteiger partial charge < -0.3 is 78.7 Å². The number of hydrogen-bond acceptors (Lipinski definition) is 20. The van der Waals surface area contributed by atoms with Gasteiger partial charge in [0.05, 0.1) is 90.8 Å². The summed E-state index contributed by atoms with van der Waals surface area (Å²) in [5, 5.41) is 21.9. The number of aliphatic hydroxyl groups excluding tert-OH is 2. The molecule has 0 aliphatic heterocycles. The van der Waals surface area contributed by atoms with Crippen LogP contribution in [-0.2, 0) is 61.2 Å². The van der Waals surface area contributed by atoms with E-state index in [-0.39, 0.29) is 55.2 Å². The molecule has 0 aliphatic rings. The Labute approximate surface area is 458 Å². The number of nitrogens with two attached hydrogens (primary N) is 1. The Morgan fingerprint density at radius 1 is 0.507 bits per heavy atom. The molecule has 454 valence electrons. The van der Waals surface area contributed by atoms with E-state index in [0.29, 0.717) is 92.3 Å². The summed E-state index contributed by atoms with van der Waals surface area (Å²) < 4.78 is 75.9. The summed E-state index contributed by atoms with van der Waals surface area (Å²) in [6, 6.07) is 6.37. The van der Waals surface area contributed by atoms with Crippen molar-refractivity contribution in [2.24, 2.45) is 5.73 Å². The smallest absolute Gasteiger partial charge is 0.444 e. The molecule has 0 aliphatic carbocycles. The minimum absolute atomic E-state index is 0. The first-order chi connectivity index (χ1) is 32.3. The number of nitrogens with one attached hydrogen (secondary N) is 2. The molecular formula is C51H108ClN3O19S. The summed E-state index contributed by atoms with van der Waals surface area (Å²) >= 11 is 0. The van der Waals surface area contributed by atoms with Gasteiger partial charge in [-0.15, -0.1) is 0 Å². The van der Waals surface area contributed by atoms with Gasteiger partial charge in [0.1, 0.15) is 22.4 Å². The maximum atomic E-state index is 11.2. The Morgan fingerprint density at radius 2 is 0.800 bits per heavy atom.